The Labute approximate surface area is 124 Å². The summed E-state index contributed by atoms with van der Waals surface area (Å²) in [6.07, 6.45) is 0. The van der Waals surface area contributed by atoms with Crippen LogP contribution in [-0.4, -0.2) is 11.0 Å². The van der Waals surface area contributed by atoms with Crippen LogP contribution in [0.1, 0.15) is 21.5 Å². The predicted molar refractivity (Wildman–Crippen MR) is 79.6 cm³/mol. The van der Waals surface area contributed by atoms with Gasteiger partial charge in [0.05, 0.1) is 4.47 Å². The van der Waals surface area contributed by atoms with Gasteiger partial charge in [-0.05, 0) is 71.2 Å². The molecule has 0 atom stereocenters. The highest BCUT2D eigenvalue weighted by atomic mass is 79.9. The van der Waals surface area contributed by atoms with Gasteiger partial charge in [-0.2, -0.15) is 0 Å². The Hall–Kier alpha value is -1.88. The molecule has 0 aliphatic rings. The number of hydrogen-bond donors (Lipinski definition) is 2. The molecule has 0 radical (unpaired) electrons. The first-order chi connectivity index (χ1) is 9.38. The highest BCUT2D eigenvalue weighted by molar-refractivity contribution is 9.10. The van der Waals surface area contributed by atoms with Crippen molar-refractivity contribution in [2.24, 2.45) is 0 Å². The lowest BCUT2D eigenvalue weighted by molar-refractivity contribution is 0.102. The molecular formula is C15H13BrFNO2. The Morgan fingerprint density at radius 1 is 1.20 bits per heavy atom. The van der Waals surface area contributed by atoms with Crippen molar-refractivity contribution in [3.8, 4) is 5.75 Å². The Morgan fingerprint density at radius 3 is 2.55 bits per heavy atom. The van der Waals surface area contributed by atoms with Crippen molar-refractivity contribution in [2.75, 3.05) is 5.32 Å². The standard InChI is InChI=1S/C15H13BrFNO2/c1-8-6-11(16)12(17)7-13(8)18-15(20)10-3-4-14(19)9(2)5-10/h3-7,19H,1-2H3,(H,18,20). The van der Waals surface area contributed by atoms with E-state index in [0.29, 0.717) is 21.3 Å². The molecule has 2 aromatic rings. The number of carbonyl (C=O) groups is 1. The number of halogens is 2. The molecule has 0 saturated heterocycles. The molecule has 0 unspecified atom stereocenters. The van der Waals surface area contributed by atoms with Crippen molar-refractivity contribution in [1.82, 2.24) is 0 Å². The highest BCUT2D eigenvalue weighted by Crippen LogP contribution is 2.25. The zero-order valence-corrected chi connectivity index (χ0v) is 12.6. The molecule has 2 N–H and O–H groups in total. The van der Waals surface area contributed by atoms with Gasteiger partial charge in [-0.1, -0.05) is 0 Å². The largest absolute Gasteiger partial charge is 0.508 e. The van der Waals surface area contributed by atoms with Crippen LogP contribution in [0.4, 0.5) is 10.1 Å². The van der Waals surface area contributed by atoms with E-state index in [1.165, 1.54) is 18.2 Å². The fourth-order valence-corrected chi connectivity index (χ4v) is 2.23. The zero-order chi connectivity index (χ0) is 14.9. The number of hydrogen-bond acceptors (Lipinski definition) is 2. The van der Waals surface area contributed by atoms with Crippen LogP contribution in [-0.2, 0) is 0 Å². The van der Waals surface area contributed by atoms with Crippen LogP contribution in [0.2, 0.25) is 0 Å². The van der Waals surface area contributed by atoms with Crippen LogP contribution in [0.15, 0.2) is 34.8 Å². The molecule has 2 rings (SSSR count). The number of aromatic hydroxyl groups is 1. The van der Waals surface area contributed by atoms with Gasteiger partial charge in [0.25, 0.3) is 5.91 Å². The van der Waals surface area contributed by atoms with E-state index >= 15 is 0 Å². The molecule has 20 heavy (non-hydrogen) atoms. The van der Waals surface area contributed by atoms with Crippen molar-refractivity contribution in [2.45, 2.75) is 13.8 Å². The van der Waals surface area contributed by atoms with E-state index < -0.39 is 5.82 Å². The smallest absolute Gasteiger partial charge is 0.255 e. The van der Waals surface area contributed by atoms with E-state index in [9.17, 15) is 14.3 Å². The minimum atomic E-state index is -0.437. The molecule has 0 heterocycles. The van der Waals surface area contributed by atoms with Crippen molar-refractivity contribution < 1.29 is 14.3 Å². The van der Waals surface area contributed by atoms with Crippen molar-refractivity contribution >= 4 is 27.5 Å². The van der Waals surface area contributed by atoms with Crippen molar-refractivity contribution in [3.05, 3.63) is 57.3 Å². The summed E-state index contributed by atoms with van der Waals surface area (Å²) >= 11 is 3.09. The van der Waals surface area contributed by atoms with Crippen LogP contribution in [0.3, 0.4) is 0 Å². The van der Waals surface area contributed by atoms with Gasteiger partial charge in [-0.15, -0.1) is 0 Å². The summed E-state index contributed by atoms with van der Waals surface area (Å²) in [5.41, 5.74) is 2.18. The summed E-state index contributed by atoms with van der Waals surface area (Å²) in [4.78, 5) is 12.1. The van der Waals surface area contributed by atoms with Gasteiger partial charge in [0.15, 0.2) is 0 Å². The SMILES string of the molecule is Cc1cc(C(=O)Nc2cc(F)c(Br)cc2C)ccc1O. The van der Waals surface area contributed by atoms with Crippen LogP contribution >= 0.6 is 15.9 Å². The van der Waals surface area contributed by atoms with Crippen molar-refractivity contribution in [1.29, 1.82) is 0 Å². The summed E-state index contributed by atoms with van der Waals surface area (Å²) in [7, 11) is 0. The predicted octanol–water partition coefficient (Wildman–Crippen LogP) is 4.16. The van der Waals surface area contributed by atoms with Crippen LogP contribution in [0.5, 0.6) is 5.75 Å². The number of amides is 1. The fraction of sp³-hybridized carbons (Fsp3) is 0.133. The second-order valence-electron chi connectivity index (χ2n) is 4.54. The molecule has 2 aromatic carbocycles. The quantitative estimate of drug-likeness (QED) is 0.864. The Kier molecular flexibility index (Phi) is 4.09. The molecule has 0 aliphatic heterocycles. The summed E-state index contributed by atoms with van der Waals surface area (Å²) in [5.74, 6) is -0.655. The molecule has 5 heteroatoms. The van der Waals surface area contributed by atoms with Crippen LogP contribution in [0, 0.1) is 19.7 Å². The number of anilines is 1. The minimum Gasteiger partial charge on any atom is -0.508 e. The third-order valence-corrected chi connectivity index (χ3v) is 3.58. The second kappa shape index (κ2) is 5.63. The summed E-state index contributed by atoms with van der Waals surface area (Å²) < 4.78 is 13.9. The Balaban J connectivity index is 2.27. The maximum Gasteiger partial charge on any atom is 0.255 e. The first kappa shape index (κ1) is 14.5. The third-order valence-electron chi connectivity index (χ3n) is 2.97. The lowest BCUT2D eigenvalue weighted by Crippen LogP contribution is -2.13. The van der Waals surface area contributed by atoms with E-state index in [4.69, 9.17) is 0 Å². The number of rotatable bonds is 2. The Morgan fingerprint density at radius 2 is 1.90 bits per heavy atom. The molecule has 0 bridgehead atoms. The van der Waals surface area contributed by atoms with Gasteiger partial charge < -0.3 is 10.4 Å². The first-order valence-electron chi connectivity index (χ1n) is 5.95. The summed E-state index contributed by atoms with van der Waals surface area (Å²) in [6.45, 7) is 3.48. The lowest BCUT2D eigenvalue weighted by atomic mass is 10.1. The normalized spacial score (nSPS) is 10.4. The molecule has 0 spiro atoms. The van der Waals surface area contributed by atoms with E-state index in [1.807, 2.05) is 0 Å². The number of phenolic OH excluding ortho intramolecular Hbond substituents is 1. The molecule has 0 aromatic heterocycles. The summed E-state index contributed by atoms with van der Waals surface area (Å²) in [6, 6.07) is 7.42. The lowest BCUT2D eigenvalue weighted by Gasteiger charge is -2.10. The molecule has 3 nitrogen and oxygen atoms in total. The highest BCUT2D eigenvalue weighted by Gasteiger charge is 2.11. The third kappa shape index (κ3) is 2.99. The molecule has 104 valence electrons. The second-order valence-corrected chi connectivity index (χ2v) is 5.39. The molecule has 0 fully saturated rings. The molecule has 0 saturated carbocycles. The number of nitrogens with one attached hydrogen (secondary N) is 1. The number of carbonyl (C=O) groups excluding carboxylic acids is 1. The molecule has 0 aliphatic carbocycles. The van der Waals surface area contributed by atoms with Gasteiger partial charge in [-0.3, -0.25) is 4.79 Å². The van der Waals surface area contributed by atoms with Gasteiger partial charge in [-0.25, -0.2) is 4.39 Å². The van der Waals surface area contributed by atoms with E-state index in [0.717, 1.165) is 5.56 Å². The van der Waals surface area contributed by atoms with Gasteiger partial charge in [0.2, 0.25) is 0 Å². The maximum absolute atomic E-state index is 13.5. The van der Waals surface area contributed by atoms with Crippen LogP contribution < -0.4 is 5.32 Å². The molecule has 1 amide bonds. The summed E-state index contributed by atoms with van der Waals surface area (Å²) in [5, 5.41) is 12.1. The van der Waals surface area contributed by atoms with Gasteiger partial charge >= 0.3 is 0 Å². The van der Waals surface area contributed by atoms with E-state index in [1.54, 1.807) is 26.0 Å². The van der Waals surface area contributed by atoms with Crippen molar-refractivity contribution in [3.63, 3.8) is 0 Å². The Bertz CT molecular complexity index is 686. The fourth-order valence-electron chi connectivity index (χ4n) is 1.77. The van der Waals surface area contributed by atoms with Gasteiger partial charge in [0, 0.05) is 11.3 Å². The monoisotopic (exact) mass is 337 g/mol. The average Bonchev–Trinajstić information content (AvgIpc) is 2.39. The molecular weight excluding hydrogens is 325 g/mol. The maximum atomic E-state index is 13.5. The number of phenols is 1. The van der Waals surface area contributed by atoms with E-state index in [2.05, 4.69) is 21.2 Å². The topological polar surface area (TPSA) is 49.3 Å². The van der Waals surface area contributed by atoms with E-state index in [-0.39, 0.29) is 11.7 Å². The minimum absolute atomic E-state index is 0.132. The first-order valence-corrected chi connectivity index (χ1v) is 6.74. The van der Waals surface area contributed by atoms with Crippen LogP contribution in [0.25, 0.3) is 0 Å². The average molecular weight is 338 g/mol. The van der Waals surface area contributed by atoms with Gasteiger partial charge in [0.1, 0.15) is 11.6 Å². The zero-order valence-electron chi connectivity index (χ0n) is 11.0. The number of aryl methyl sites for hydroxylation is 2. The number of benzene rings is 2.